The van der Waals surface area contributed by atoms with E-state index in [4.69, 9.17) is 5.73 Å². The highest BCUT2D eigenvalue weighted by atomic mass is 35.5. The summed E-state index contributed by atoms with van der Waals surface area (Å²) in [5, 5.41) is 0. The second-order valence-corrected chi connectivity index (χ2v) is 6.93. The van der Waals surface area contributed by atoms with Crippen molar-refractivity contribution < 1.29 is 4.79 Å². The Morgan fingerprint density at radius 3 is 2.23 bits per heavy atom. The largest absolute Gasteiger partial charge is 0.342 e. The van der Waals surface area contributed by atoms with Crippen molar-refractivity contribution in [1.82, 2.24) is 9.80 Å². The Labute approximate surface area is 148 Å². The highest BCUT2D eigenvalue weighted by Gasteiger charge is 2.32. The number of hydrogen-bond acceptors (Lipinski definition) is 3. The van der Waals surface area contributed by atoms with E-state index in [0.717, 1.165) is 51.6 Å². The summed E-state index contributed by atoms with van der Waals surface area (Å²) in [7, 11) is 2.00. The van der Waals surface area contributed by atoms with Crippen LogP contribution in [-0.2, 0) is 4.79 Å². The first-order valence-corrected chi connectivity index (χ1v) is 8.25. The third kappa shape index (κ3) is 5.55. The van der Waals surface area contributed by atoms with Gasteiger partial charge in [0.25, 0.3) is 0 Å². The van der Waals surface area contributed by atoms with Gasteiger partial charge < -0.3 is 15.5 Å². The Morgan fingerprint density at radius 1 is 1.14 bits per heavy atom. The van der Waals surface area contributed by atoms with Crippen LogP contribution in [0.15, 0.2) is 0 Å². The highest BCUT2D eigenvalue weighted by Crippen LogP contribution is 2.27. The second-order valence-electron chi connectivity index (χ2n) is 6.93. The van der Waals surface area contributed by atoms with Gasteiger partial charge in [-0.3, -0.25) is 4.79 Å². The van der Waals surface area contributed by atoms with Gasteiger partial charge in [0.15, 0.2) is 0 Å². The number of likely N-dealkylation sites (tertiary alicyclic amines) is 1. The lowest BCUT2D eigenvalue weighted by Gasteiger charge is -2.40. The number of carbonyl (C=O) groups is 1. The molecule has 2 aliphatic rings. The number of hydrogen-bond donors (Lipinski definition) is 1. The predicted octanol–water partition coefficient (Wildman–Crippen LogP) is 2.68. The molecule has 6 heteroatoms. The maximum Gasteiger partial charge on any atom is 0.225 e. The van der Waals surface area contributed by atoms with E-state index < -0.39 is 0 Å². The number of nitrogens with two attached hydrogens (primary N) is 1. The smallest absolute Gasteiger partial charge is 0.225 e. The molecule has 2 atom stereocenters. The minimum Gasteiger partial charge on any atom is -0.342 e. The average molecular weight is 354 g/mol. The number of nitrogens with zero attached hydrogens (tertiary/aromatic N) is 2. The molecule has 1 aliphatic heterocycles. The molecular weight excluding hydrogens is 321 g/mol. The van der Waals surface area contributed by atoms with Crippen molar-refractivity contribution in [2.45, 2.75) is 70.5 Å². The molecule has 0 aromatic rings. The number of piperidine rings is 1. The number of carbonyl (C=O) groups excluding carboxylic acids is 1. The molecule has 22 heavy (non-hydrogen) atoms. The molecule has 0 aromatic heterocycles. The Bertz CT molecular complexity index is 333. The predicted molar refractivity (Wildman–Crippen MR) is 96.9 cm³/mol. The van der Waals surface area contributed by atoms with E-state index >= 15 is 0 Å². The average Bonchev–Trinajstić information content (AvgIpc) is 2.46. The molecule has 2 N–H and O–H groups in total. The summed E-state index contributed by atoms with van der Waals surface area (Å²) in [4.78, 5) is 17.1. The molecule has 2 rings (SSSR count). The third-order valence-electron chi connectivity index (χ3n) is 5.19. The van der Waals surface area contributed by atoms with Crippen LogP contribution in [0.4, 0.5) is 0 Å². The summed E-state index contributed by atoms with van der Waals surface area (Å²) in [5.41, 5.74) is 6.02. The van der Waals surface area contributed by atoms with Gasteiger partial charge in [0.2, 0.25) is 5.91 Å². The zero-order chi connectivity index (χ0) is 14.7. The fourth-order valence-electron chi connectivity index (χ4n) is 3.71. The van der Waals surface area contributed by atoms with E-state index in [1.807, 2.05) is 11.9 Å². The SMILES string of the molecule is CC(C)N1CCC(N(C)C(=O)C2CCCC(N)C2)CC1.Cl.Cl. The van der Waals surface area contributed by atoms with Crippen molar-refractivity contribution in [3.8, 4) is 0 Å². The molecule has 1 saturated heterocycles. The standard InChI is InChI=1S/C16H31N3O.2ClH/c1-12(2)19-9-7-15(8-10-19)18(3)16(20)13-5-4-6-14(17)11-13;;/h12-15H,4-11,17H2,1-3H3;2*1H. The molecular formula is C16H33Cl2N3O. The summed E-state index contributed by atoms with van der Waals surface area (Å²) < 4.78 is 0. The lowest BCUT2D eigenvalue weighted by molar-refractivity contribution is -0.138. The van der Waals surface area contributed by atoms with E-state index in [2.05, 4.69) is 18.7 Å². The van der Waals surface area contributed by atoms with Gasteiger partial charge in [-0.1, -0.05) is 6.42 Å². The highest BCUT2D eigenvalue weighted by molar-refractivity contribution is 5.85. The monoisotopic (exact) mass is 353 g/mol. The van der Waals surface area contributed by atoms with E-state index in [0.29, 0.717) is 18.0 Å². The summed E-state index contributed by atoms with van der Waals surface area (Å²) in [6.07, 6.45) is 6.32. The first-order valence-electron chi connectivity index (χ1n) is 8.25. The maximum atomic E-state index is 12.6. The normalized spacial score (nSPS) is 27.0. The van der Waals surface area contributed by atoms with Gasteiger partial charge in [0, 0.05) is 44.2 Å². The molecule has 0 spiro atoms. The first-order chi connectivity index (χ1) is 9.49. The van der Waals surface area contributed by atoms with Crippen LogP contribution in [0.2, 0.25) is 0 Å². The molecule has 2 fully saturated rings. The molecule has 1 aliphatic carbocycles. The van der Waals surface area contributed by atoms with Crippen molar-refractivity contribution in [1.29, 1.82) is 0 Å². The van der Waals surface area contributed by atoms with Gasteiger partial charge in [0.1, 0.15) is 0 Å². The third-order valence-corrected chi connectivity index (χ3v) is 5.19. The van der Waals surface area contributed by atoms with Crippen LogP contribution in [0.25, 0.3) is 0 Å². The zero-order valence-electron chi connectivity index (χ0n) is 14.2. The van der Waals surface area contributed by atoms with Crippen LogP contribution in [0.3, 0.4) is 0 Å². The number of amides is 1. The molecule has 4 nitrogen and oxygen atoms in total. The van der Waals surface area contributed by atoms with Crippen molar-refractivity contribution in [3.63, 3.8) is 0 Å². The molecule has 0 radical (unpaired) electrons. The van der Waals surface area contributed by atoms with Crippen molar-refractivity contribution in [2.75, 3.05) is 20.1 Å². The molecule has 132 valence electrons. The Kier molecular flexibility index (Phi) is 9.95. The molecule has 1 saturated carbocycles. The summed E-state index contributed by atoms with van der Waals surface area (Å²) in [5.74, 6) is 0.509. The quantitative estimate of drug-likeness (QED) is 0.848. The van der Waals surface area contributed by atoms with Crippen LogP contribution in [0, 0.1) is 5.92 Å². The van der Waals surface area contributed by atoms with Crippen molar-refractivity contribution >= 4 is 30.7 Å². The van der Waals surface area contributed by atoms with Gasteiger partial charge >= 0.3 is 0 Å². The zero-order valence-corrected chi connectivity index (χ0v) is 15.8. The van der Waals surface area contributed by atoms with Gasteiger partial charge in [-0.2, -0.15) is 0 Å². The molecule has 0 aromatic carbocycles. The Morgan fingerprint density at radius 2 is 1.73 bits per heavy atom. The van der Waals surface area contributed by atoms with Gasteiger partial charge in [-0.05, 0) is 46.0 Å². The van der Waals surface area contributed by atoms with Crippen LogP contribution in [0.1, 0.15) is 52.4 Å². The number of halogens is 2. The molecule has 1 amide bonds. The van der Waals surface area contributed by atoms with Gasteiger partial charge in [0.05, 0.1) is 0 Å². The Balaban J connectivity index is 0.00000220. The van der Waals surface area contributed by atoms with Crippen LogP contribution >= 0.6 is 24.8 Å². The fraction of sp³-hybridized carbons (Fsp3) is 0.938. The van der Waals surface area contributed by atoms with Crippen LogP contribution in [0.5, 0.6) is 0 Å². The van der Waals surface area contributed by atoms with E-state index in [1.165, 1.54) is 0 Å². The summed E-state index contributed by atoms with van der Waals surface area (Å²) in [6, 6.07) is 1.28. The summed E-state index contributed by atoms with van der Waals surface area (Å²) >= 11 is 0. The fourth-order valence-corrected chi connectivity index (χ4v) is 3.71. The maximum absolute atomic E-state index is 12.6. The number of rotatable bonds is 3. The van der Waals surface area contributed by atoms with Gasteiger partial charge in [-0.15, -0.1) is 24.8 Å². The minimum atomic E-state index is 0. The van der Waals surface area contributed by atoms with Crippen LogP contribution in [-0.4, -0.2) is 54.0 Å². The molecule has 0 bridgehead atoms. The Hall–Kier alpha value is -0.0300. The van der Waals surface area contributed by atoms with Crippen LogP contribution < -0.4 is 5.73 Å². The first kappa shape index (κ1) is 22.0. The minimum absolute atomic E-state index is 0. The van der Waals surface area contributed by atoms with E-state index in [9.17, 15) is 4.79 Å². The van der Waals surface area contributed by atoms with E-state index in [-0.39, 0.29) is 36.8 Å². The topological polar surface area (TPSA) is 49.6 Å². The van der Waals surface area contributed by atoms with Crippen molar-refractivity contribution in [2.24, 2.45) is 11.7 Å². The van der Waals surface area contributed by atoms with Gasteiger partial charge in [-0.25, -0.2) is 0 Å². The second kappa shape index (κ2) is 9.96. The lowest BCUT2D eigenvalue weighted by Crippen LogP contribution is -2.49. The van der Waals surface area contributed by atoms with Crippen molar-refractivity contribution in [3.05, 3.63) is 0 Å². The molecule has 2 unspecified atom stereocenters. The van der Waals surface area contributed by atoms with E-state index in [1.54, 1.807) is 0 Å². The summed E-state index contributed by atoms with van der Waals surface area (Å²) in [6.45, 7) is 6.73. The molecule has 1 heterocycles. The lowest BCUT2D eigenvalue weighted by atomic mass is 9.85.